The van der Waals surface area contributed by atoms with Gasteiger partial charge in [0.05, 0.1) is 23.5 Å². The fourth-order valence-electron chi connectivity index (χ4n) is 4.77. The highest BCUT2D eigenvalue weighted by atomic mass is 16.5. The molecular formula is C25H25N5O2. The zero-order valence-corrected chi connectivity index (χ0v) is 18.0. The summed E-state index contributed by atoms with van der Waals surface area (Å²) in [7, 11) is 1.91. The number of aromatic nitrogens is 4. The quantitative estimate of drug-likeness (QED) is 0.536. The summed E-state index contributed by atoms with van der Waals surface area (Å²) in [6.07, 6.45) is 3.12. The molecule has 2 aromatic heterocycles. The number of hydrogen-bond donors (Lipinski definition) is 1. The van der Waals surface area contributed by atoms with Gasteiger partial charge in [0.15, 0.2) is 0 Å². The third-order valence-corrected chi connectivity index (χ3v) is 6.66. The van der Waals surface area contributed by atoms with Crippen molar-refractivity contribution in [2.75, 3.05) is 26.3 Å². The molecule has 7 nitrogen and oxygen atoms in total. The van der Waals surface area contributed by atoms with E-state index in [0.29, 0.717) is 23.2 Å². The zero-order valence-electron chi connectivity index (χ0n) is 18.0. The van der Waals surface area contributed by atoms with Crippen LogP contribution in [-0.4, -0.2) is 62.3 Å². The first kappa shape index (κ1) is 19.4. The van der Waals surface area contributed by atoms with Gasteiger partial charge >= 0.3 is 0 Å². The molecule has 2 aliphatic rings. The lowest BCUT2D eigenvalue weighted by atomic mass is 9.93. The Labute approximate surface area is 186 Å². The topological polar surface area (TPSA) is 76.3 Å². The number of benzene rings is 2. The predicted molar refractivity (Wildman–Crippen MR) is 122 cm³/mol. The Morgan fingerprint density at radius 1 is 1.00 bits per heavy atom. The van der Waals surface area contributed by atoms with Crippen molar-refractivity contribution >= 4 is 10.9 Å². The number of rotatable bonds is 4. The van der Waals surface area contributed by atoms with E-state index < -0.39 is 0 Å². The lowest BCUT2D eigenvalue weighted by Gasteiger charge is -2.42. The monoisotopic (exact) mass is 427 g/mol. The van der Waals surface area contributed by atoms with Gasteiger partial charge in [-0.2, -0.15) is 15.3 Å². The molecule has 2 aromatic carbocycles. The summed E-state index contributed by atoms with van der Waals surface area (Å²) in [5.41, 5.74) is 5.33. The van der Waals surface area contributed by atoms with Crippen molar-refractivity contribution in [3.05, 3.63) is 60.4 Å². The summed E-state index contributed by atoms with van der Waals surface area (Å²) in [6, 6.07) is 16.4. The molecule has 2 fully saturated rings. The highest BCUT2D eigenvalue weighted by molar-refractivity contribution is 5.85. The van der Waals surface area contributed by atoms with Gasteiger partial charge in [0.2, 0.25) is 0 Å². The van der Waals surface area contributed by atoms with Crippen LogP contribution in [0, 0.1) is 0 Å². The van der Waals surface area contributed by atoms with Crippen molar-refractivity contribution < 1.29 is 9.84 Å². The fourth-order valence-corrected chi connectivity index (χ4v) is 4.77. The molecule has 0 bridgehead atoms. The van der Waals surface area contributed by atoms with Crippen LogP contribution in [0.1, 0.15) is 18.0 Å². The van der Waals surface area contributed by atoms with E-state index in [9.17, 15) is 5.11 Å². The third kappa shape index (κ3) is 3.43. The average molecular weight is 428 g/mol. The van der Waals surface area contributed by atoms with E-state index in [0.717, 1.165) is 60.4 Å². The normalized spacial score (nSPS) is 19.5. The molecule has 4 heterocycles. The number of hydrogen-bond acceptors (Lipinski definition) is 6. The summed E-state index contributed by atoms with van der Waals surface area (Å²) in [6.45, 7) is 3.76. The van der Waals surface area contributed by atoms with Crippen molar-refractivity contribution in [3.63, 3.8) is 0 Å². The highest BCUT2D eigenvalue weighted by Crippen LogP contribution is 2.34. The minimum Gasteiger partial charge on any atom is -0.507 e. The molecule has 0 amide bonds. The Balaban J connectivity index is 1.19. The maximum Gasteiger partial charge on any atom is 0.125 e. The summed E-state index contributed by atoms with van der Waals surface area (Å²) in [5, 5.41) is 25.1. The minimum atomic E-state index is 0.201. The van der Waals surface area contributed by atoms with Gasteiger partial charge in [-0.15, -0.1) is 0 Å². The number of aryl methyl sites for hydroxylation is 1. The number of aromatic hydroxyl groups is 1. The van der Waals surface area contributed by atoms with Gasteiger partial charge < -0.3 is 9.84 Å². The van der Waals surface area contributed by atoms with Crippen LogP contribution < -0.4 is 0 Å². The van der Waals surface area contributed by atoms with Crippen molar-refractivity contribution in [1.29, 1.82) is 0 Å². The molecule has 0 saturated carbocycles. The van der Waals surface area contributed by atoms with Gasteiger partial charge in [-0.05, 0) is 53.9 Å². The second-order valence-corrected chi connectivity index (χ2v) is 8.82. The Morgan fingerprint density at radius 2 is 1.84 bits per heavy atom. The van der Waals surface area contributed by atoms with Crippen LogP contribution in [0.25, 0.3) is 33.3 Å². The van der Waals surface area contributed by atoms with Crippen molar-refractivity contribution in [2.45, 2.75) is 18.4 Å². The van der Waals surface area contributed by atoms with E-state index in [-0.39, 0.29) is 5.75 Å². The number of phenols is 1. The molecule has 1 atom stereocenters. The molecule has 162 valence electrons. The van der Waals surface area contributed by atoms with E-state index in [4.69, 9.17) is 4.74 Å². The maximum atomic E-state index is 10.7. The molecule has 6 rings (SSSR count). The first-order valence-electron chi connectivity index (χ1n) is 11.1. The smallest absolute Gasteiger partial charge is 0.125 e. The van der Waals surface area contributed by atoms with Crippen LogP contribution in [0.15, 0.2) is 54.7 Å². The van der Waals surface area contributed by atoms with E-state index in [2.05, 4.69) is 26.3 Å². The number of likely N-dealkylation sites (tertiary alicyclic amines) is 1. The van der Waals surface area contributed by atoms with Crippen LogP contribution in [0.5, 0.6) is 5.75 Å². The molecule has 7 heteroatoms. The van der Waals surface area contributed by atoms with Crippen LogP contribution >= 0.6 is 0 Å². The number of fused-ring (bicyclic) bond motifs is 1. The van der Waals surface area contributed by atoms with Gasteiger partial charge in [-0.1, -0.05) is 12.1 Å². The standard InChI is InChI=1S/C25H25N5O2/c1-29-12-18-10-16(3-5-23(18)28-29)17-2-4-21(25(31)11-17)24-7-6-22(26-27-24)19-13-30(14-19)20-8-9-32-15-20/h2-7,10-12,19-20,31H,8-9,13-15H2,1H3. The molecule has 2 saturated heterocycles. The Kier molecular flexibility index (Phi) is 4.66. The highest BCUT2D eigenvalue weighted by Gasteiger charge is 2.35. The Morgan fingerprint density at radius 3 is 2.59 bits per heavy atom. The second-order valence-electron chi connectivity index (χ2n) is 8.82. The van der Waals surface area contributed by atoms with E-state index >= 15 is 0 Å². The predicted octanol–water partition coefficient (Wildman–Crippen LogP) is 3.59. The van der Waals surface area contributed by atoms with Gasteiger partial charge in [0, 0.05) is 55.9 Å². The molecule has 0 aliphatic carbocycles. The molecule has 2 aliphatic heterocycles. The lowest BCUT2D eigenvalue weighted by molar-refractivity contribution is 0.0758. The molecular weight excluding hydrogens is 402 g/mol. The summed E-state index contributed by atoms with van der Waals surface area (Å²) < 4.78 is 7.30. The second kappa shape index (κ2) is 7.69. The average Bonchev–Trinajstić information content (AvgIpc) is 3.41. The van der Waals surface area contributed by atoms with Gasteiger partial charge in [-0.25, -0.2) is 0 Å². The van der Waals surface area contributed by atoms with Crippen LogP contribution in [-0.2, 0) is 11.8 Å². The van der Waals surface area contributed by atoms with Gasteiger partial charge in [-0.3, -0.25) is 9.58 Å². The van der Waals surface area contributed by atoms with Crippen LogP contribution in [0.2, 0.25) is 0 Å². The number of phenolic OH excluding ortho intramolecular Hbond substituents is 1. The molecule has 32 heavy (non-hydrogen) atoms. The third-order valence-electron chi connectivity index (χ3n) is 6.66. The fraction of sp³-hybridized carbons (Fsp3) is 0.320. The molecule has 1 N–H and O–H groups in total. The molecule has 4 aromatic rings. The first-order chi connectivity index (χ1) is 15.6. The van der Waals surface area contributed by atoms with Crippen LogP contribution in [0.3, 0.4) is 0 Å². The van der Waals surface area contributed by atoms with Crippen LogP contribution in [0.4, 0.5) is 0 Å². The van der Waals surface area contributed by atoms with E-state index in [1.54, 1.807) is 6.07 Å². The lowest BCUT2D eigenvalue weighted by Crippen LogP contribution is -2.51. The minimum absolute atomic E-state index is 0.201. The van der Waals surface area contributed by atoms with Crippen molar-refractivity contribution in [1.82, 2.24) is 24.9 Å². The Hall–Kier alpha value is -3.29. The summed E-state index contributed by atoms with van der Waals surface area (Å²) in [5.74, 6) is 0.627. The first-order valence-corrected chi connectivity index (χ1v) is 11.1. The summed E-state index contributed by atoms with van der Waals surface area (Å²) >= 11 is 0. The Bertz CT molecular complexity index is 1270. The van der Waals surface area contributed by atoms with Crippen molar-refractivity contribution in [2.24, 2.45) is 7.05 Å². The maximum absolute atomic E-state index is 10.7. The number of nitrogens with zero attached hydrogens (tertiary/aromatic N) is 5. The zero-order chi connectivity index (χ0) is 21.7. The van der Waals surface area contributed by atoms with Gasteiger partial charge in [0.1, 0.15) is 5.75 Å². The molecule has 0 spiro atoms. The molecule has 0 radical (unpaired) electrons. The summed E-state index contributed by atoms with van der Waals surface area (Å²) in [4.78, 5) is 2.47. The SMILES string of the molecule is Cn1cc2cc(-c3ccc(-c4ccc(C5CN(C6CCOC6)C5)nn4)c(O)c3)ccc2n1. The molecule has 1 unspecified atom stereocenters. The van der Waals surface area contributed by atoms with E-state index in [1.165, 1.54) is 0 Å². The largest absolute Gasteiger partial charge is 0.507 e. The van der Waals surface area contributed by atoms with Gasteiger partial charge in [0.25, 0.3) is 0 Å². The number of ether oxygens (including phenoxy) is 1. The van der Waals surface area contributed by atoms with Crippen molar-refractivity contribution in [3.8, 4) is 28.1 Å². The van der Waals surface area contributed by atoms with E-state index in [1.807, 2.05) is 54.3 Å².